The topological polar surface area (TPSA) is 17.1 Å². The molecule has 0 aliphatic heterocycles. The Kier molecular flexibility index (Phi) is 5.33. The van der Waals surface area contributed by atoms with E-state index in [0.29, 0.717) is 0 Å². The van der Waals surface area contributed by atoms with Crippen LogP contribution in [0.4, 0.5) is 0 Å². The third kappa shape index (κ3) is 4.43. The summed E-state index contributed by atoms with van der Waals surface area (Å²) in [5.41, 5.74) is 1.20. The van der Waals surface area contributed by atoms with Crippen molar-refractivity contribution in [2.45, 2.75) is 38.0 Å². The van der Waals surface area contributed by atoms with Gasteiger partial charge in [-0.15, -0.1) is 0 Å². The molecular formula is C13H18OS. The molecule has 0 heterocycles. The van der Waals surface area contributed by atoms with Crippen molar-refractivity contribution in [3.8, 4) is 0 Å². The highest BCUT2D eigenvalue weighted by atomic mass is 32.2. The van der Waals surface area contributed by atoms with Crippen molar-refractivity contribution in [3.63, 3.8) is 0 Å². The molecule has 82 valence electrons. The van der Waals surface area contributed by atoms with Crippen LogP contribution in [0, 0.1) is 6.92 Å². The van der Waals surface area contributed by atoms with Gasteiger partial charge in [0.25, 0.3) is 0 Å². The number of allylic oxidation sites excluding steroid dienone is 1. The number of benzene rings is 1. The van der Waals surface area contributed by atoms with Gasteiger partial charge in [-0.3, -0.25) is 0 Å². The smallest absolute Gasteiger partial charge is 0.0772 e. The summed E-state index contributed by atoms with van der Waals surface area (Å²) in [4.78, 5) is 0.883. The van der Waals surface area contributed by atoms with Crippen LogP contribution < -0.4 is 0 Å². The Hall–Kier alpha value is -0.890. The van der Waals surface area contributed by atoms with Gasteiger partial charge in [-0.1, -0.05) is 43.5 Å². The van der Waals surface area contributed by atoms with E-state index in [-0.39, 0.29) is 0 Å². The van der Waals surface area contributed by atoms with Crippen LogP contribution in [0.1, 0.15) is 31.7 Å². The molecule has 15 heavy (non-hydrogen) atoms. The third-order valence-corrected chi connectivity index (χ3v) is 3.37. The van der Waals surface area contributed by atoms with Crippen LogP contribution in [0.2, 0.25) is 0 Å². The fourth-order valence-electron chi connectivity index (χ4n) is 1.23. The largest absolute Gasteiger partial charge is 0.250 e. The van der Waals surface area contributed by atoms with Crippen molar-refractivity contribution in [1.29, 1.82) is 0 Å². The number of rotatable bonds is 5. The van der Waals surface area contributed by atoms with Crippen LogP contribution in [0.3, 0.4) is 0 Å². The number of unbranched alkanes of at least 4 members (excludes halogenated alkanes) is 2. The minimum absolute atomic E-state index is 0.883. The zero-order valence-electron chi connectivity index (χ0n) is 9.40. The molecule has 0 radical (unpaired) electrons. The summed E-state index contributed by atoms with van der Waals surface area (Å²) in [5, 5.41) is 1.79. The van der Waals surface area contributed by atoms with Gasteiger partial charge in [0.2, 0.25) is 0 Å². The van der Waals surface area contributed by atoms with Gasteiger partial charge in [0, 0.05) is 10.3 Å². The van der Waals surface area contributed by atoms with Crippen LogP contribution in [-0.4, -0.2) is 4.21 Å². The molecule has 0 saturated carbocycles. The summed E-state index contributed by atoms with van der Waals surface area (Å²) in [6.07, 6.45) is 5.39. The minimum Gasteiger partial charge on any atom is -0.250 e. The zero-order valence-corrected chi connectivity index (χ0v) is 10.2. The minimum atomic E-state index is -0.976. The molecule has 1 aromatic carbocycles. The normalized spacial score (nSPS) is 13.2. The molecule has 2 heteroatoms. The predicted molar refractivity (Wildman–Crippen MR) is 66.3 cm³/mol. The van der Waals surface area contributed by atoms with Crippen LogP contribution in [-0.2, 0) is 10.8 Å². The SMILES string of the molecule is CCCC/C=C/S(=O)c1ccc(C)cc1. The molecule has 0 N–H and O–H groups in total. The molecule has 0 aliphatic carbocycles. The lowest BCUT2D eigenvalue weighted by molar-refractivity contribution is 0.688. The van der Waals surface area contributed by atoms with Gasteiger partial charge in [0.05, 0.1) is 10.8 Å². The van der Waals surface area contributed by atoms with Crippen molar-refractivity contribution in [2.75, 3.05) is 0 Å². The van der Waals surface area contributed by atoms with Crippen LogP contribution in [0.5, 0.6) is 0 Å². The van der Waals surface area contributed by atoms with E-state index in [1.807, 2.05) is 37.3 Å². The molecule has 1 rings (SSSR count). The molecule has 0 aromatic heterocycles. The van der Waals surface area contributed by atoms with Crippen molar-refractivity contribution in [3.05, 3.63) is 41.3 Å². The summed E-state index contributed by atoms with van der Waals surface area (Å²) in [6, 6.07) is 7.84. The van der Waals surface area contributed by atoms with Gasteiger partial charge < -0.3 is 0 Å². The average molecular weight is 222 g/mol. The highest BCUT2D eigenvalue weighted by Gasteiger charge is 1.97. The van der Waals surface area contributed by atoms with E-state index >= 15 is 0 Å². The Labute approximate surface area is 94.7 Å². The van der Waals surface area contributed by atoms with E-state index in [4.69, 9.17) is 0 Å². The van der Waals surface area contributed by atoms with Gasteiger partial charge in [-0.25, -0.2) is 4.21 Å². The Bertz CT molecular complexity index is 338. The van der Waals surface area contributed by atoms with Gasteiger partial charge in [0.15, 0.2) is 0 Å². The molecule has 1 atom stereocenters. The first-order valence-corrected chi connectivity index (χ1v) is 6.59. The summed E-state index contributed by atoms with van der Waals surface area (Å²) in [5.74, 6) is 0. The Morgan fingerprint density at radius 3 is 2.53 bits per heavy atom. The van der Waals surface area contributed by atoms with E-state index < -0.39 is 10.8 Å². The Morgan fingerprint density at radius 1 is 1.27 bits per heavy atom. The molecular weight excluding hydrogens is 204 g/mol. The number of hydrogen-bond acceptors (Lipinski definition) is 1. The van der Waals surface area contributed by atoms with Gasteiger partial charge in [-0.2, -0.15) is 0 Å². The monoisotopic (exact) mass is 222 g/mol. The van der Waals surface area contributed by atoms with Crippen molar-refractivity contribution in [2.24, 2.45) is 0 Å². The van der Waals surface area contributed by atoms with Crippen molar-refractivity contribution >= 4 is 10.8 Å². The van der Waals surface area contributed by atoms with E-state index in [0.717, 1.165) is 11.3 Å². The maximum Gasteiger partial charge on any atom is 0.0772 e. The lowest BCUT2D eigenvalue weighted by Crippen LogP contribution is -1.86. The van der Waals surface area contributed by atoms with E-state index in [9.17, 15) is 4.21 Å². The predicted octanol–water partition coefficient (Wildman–Crippen LogP) is 3.81. The van der Waals surface area contributed by atoms with Crippen LogP contribution in [0.15, 0.2) is 40.6 Å². The van der Waals surface area contributed by atoms with E-state index in [1.54, 1.807) is 5.41 Å². The summed E-state index contributed by atoms with van der Waals surface area (Å²) < 4.78 is 11.7. The first kappa shape index (κ1) is 12.2. The summed E-state index contributed by atoms with van der Waals surface area (Å²) in [6.45, 7) is 4.19. The zero-order chi connectivity index (χ0) is 11.1. The Morgan fingerprint density at radius 2 is 1.93 bits per heavy atom. The van der Waals surface area contributed by atoms with Crippen molar-refractivity contribution < 1.29 is 4.21 Å². The number of hydrogen-bond donors (Lipinski definition) is 0. The van der Waals surface area contributed by atoms with E-state index in [2.05, 4.69) is 6.92 Å². The second kappa shape index (κ2) is 6.57. The molecule has 1 nitrogen and oxygen atoms in total. The molecule has 0 saturated heterocycles. The molecule has 0 aliphatic rings. The fourth-order valence-corrected chi connectivity index (χ4v) is 2.10. The first-order chi connectivity index (χ1) is 7.24. The highest BCUT2D eigenvalue weighted by Crippen LogP contribution is 2.09. The van der Waals surface area contributed by atoms with Crippen LogP contribution >= 0.6 is 0 Å². The van der Waals surface area contributed by atoms with Gasteiger partial charge in [-0.05, 0) is 25.5 Å². The van der Waals surface area contributed by atoms with E-state index in [1.165, 1.54) is 18.4 Å². The average Bonchev–Trinajstić information content (AvgIpc) is 2.25. The molecule has 1 unspecified atom stereocenters. The lowest BCUT2D eigenvalue weighted by Gasteiger charge is -1.97. The third-order valence-electron chi connectivity index (χ3n) is 2.20. The first-order valence-electron chi connectivity index (χ1n) is 5.38. The summed E-state index contributed by atoms with van der Waals surface area (Å²) in [7, 11) is -0.976. The quantitative estimate of drug-likeness (QED) is 0.692. The second-order valence-corrected chi connectivity index (χ2v) is 4.96. The van der Waals surface area contributed by atoms with Crippen LogP contribution in [0.25, 0.3) is 0 Å². The summed E-state index contributed by atoms with van der Waals surface area (Å²) >= 11 is 0. The standard InChI is InChI=1S/C13H18OS/c1-3-4-5-6-11-15(14)13-9-7-12(2)8-10-13/h6-11H,3-5H2,1-2H3/b11-6+. The molecule has 0 fully saturated rings. The number of aryl methyl sites for hydroxylation is 1. The molecule has 0 spiro atoms. The molecule has 0 bridgehead atoms. The Balaban J connectivity index is 2.53. The molecule has 0 amide bonds. The van der Waals surface area contributed by atoms with Gasteiger partial charge in [0.1, 0.15) is 0 Å². The van der Waals surface area contributed by atoms with Gasteiger partial charge >= 0.3 is 0 Å². The maximum absolute atomic E-state index is 11.7. The van der Waals surface area contributed by atoms with Crippen molar-refractivity contribution in [1.82, 2.24) is 0 Å². The lowest BCUT2D eigenvalue weighted by atomic mass is 10.2. The fraction of sp³-hybridized carbons (Fsp3) is 0.385. The highest BCUT2D eigenvalue weighted by molar-refractivity contribution is 7.88. The second-order valence-electron chi connectivity index (χ2n) is 3.62. The molecule has 1 aromatic rings. The maximum atomic E-state index is 11.7.